The number of hydrogen-bond donors (Lipinski definition) is 0. The number of rotatable bonds is 12. The van der Waals surface area contributed by atoms with Gasteiger partial charge in [-0.2, -0.15) is 13.2 Å². The highest BCUT2D eigenvalue weighted by atomic mass is 32.2. The Morgan fingerprint density at radius 2 is 1.66 bits per heavy atom. The number of hydrogen-bond acceptors (Lipinski definition) is 5. The van der Waals surface area contributed by atoms with E-state index in [1.807, 2.05) is 0 Å². The zero-order chi connectivity index (χ0) is 46.7. The zero-order valence-corrected chi connectivity index (χ0v) is 29.2. The first-order valence-electron chi connectivity index (χ1n) is 21.2. The van der Waals surface area contributed by atoms with Gasteiger partial charge in [-0.3, -0.25) is 9.59 Å². The van der Waals surface area contributed by atoms with E-state index < -0.39 is 92.2 Å². The second-order valence-electron chi connectivity index (χ2n) is 11.9. The lowest BCUT2D eigenvalue weighted by atomic mass is 9.96. The smallest absolute Gasteiger partial charge is 0.383 e. The molecular formula is C41H40F5N3O3S. The summed E-state index contributed by atoms with van der Waals surface area (Å²) in [5.41, 5.74) is -1.12. The Bertz CT molecular complexity index is 2550. The summed E-state index contributed by atoms with van der Waals surface area (Å²) in [6.45, 7) is -8.29. The van der Waals surface area contributed by atoms with Crippen LogP contribution in [0.4, 0.5) is 22.0 Å². The number of carbonyl (C=O) groups excluding carboxylic acids is 1. The number of methoxy groups -OCH3 is 1. The van der Waals surface area contributed by atoms with Crippen molar-refractivity contribution in [3.63, 3.8) is 0 Å². The Morgan fingerprint density at radius 3 is 2.32 bits per heavy atom. The van der Waals surface area contributed by atoms with Gasteiger partial charge in [0.15, 0.2) is 17.1 Å². The van der Waals surface area contributed by atoms with Crippen molar-refractivity contribution in [1.29, 1.82) is 0 Å². The summed E-state index contributed by atoms with van der Waals surface area (Å²) in [4.78, 5) is 29.1. The lowest BCUT2D eigenvalue weighted by molar-refractivity contribution is -0.138. The van der Waals surface area contributed by atoms with E-state index in [4.69, 9.17) is 10.2 Å². The molecule has 12 heteroatoms. The number of amides is 1. The van der Waals surface area contributed by atoms with Crippen LogP contribution in [0.1, 0.15) is 56.1 Å². The third kappa shape index (κ3) is 8.83. The second kappa shape index (κ2) is 16.7. The molecule has 1 unspecified atom stereocenters. The van der Waals surface area contributed by atoms with E-state index in [9.17, 15) is 35.0 Å². The predicted molar refractivity (Wildman–Crippen MR) is 198 cm³/mol. The van der Waals surface area contributed by atoms with Crippen LogP contribution >= 0.6 is 11.8 Å². The van der Waals surface area contributed by atoms with Crippen LogP contribution in [0.15, 0.2) is 107 Å². The summed E-state index contributed by atoms with van der Waals surface area (Å²) in [5, 5.41) is 0.0179. The van der Waals surface area contributed by atoms with E-state index in [0.29, 0.717) is 11.1 Å². The minimum atomic E-state index is -4.61. The summed E-state index contributed by atoms with van der Waals surface area (Å²) in [5.74, 6) is -4.02. The van der Waals surface area contributed by atoms with Gasteiger partial charge in [0.1, 0.15) is 6.54 Å². The number of fused-ring (bicyclic) bond motifs is 1. The molecule has 0 bridgehead atoms. The van der Waals surface area contributed by atoms with E-state index in [0.717, 1.165) is 43.0 Å². The summed E-state index contributed by atoms with van der Waals surface area (Å²) >= 11 is 0.796. The van der Waals surface area contributed by atoms with Crippen LogP contribution in [0.3, 0.4) is 0 Å². The molecule has 278 valence electrons. The van der Waals surface area contributed by atoms with Gasteiger partial charge in [0.2, 0.25) is 5.91 Å². The average Bonchev–Trinajstić information content (AvgIpc) is 3.21. The second-order valence-corrected chi connectivity index (χ2v) is 12.9. The van der Waals surface area contributed by atoms with Crippen molar-refractivity contribution in [2.75, 3.05) is 33.3 Å². The van der Waals surface area contributed by atoms with Gasteiger partial charge >= 0.3 is 6.18 Å². The van der Waals surface area contributed by atoms with E-state index in [-0.39, 0.29) is 42.6 Å². The largest absolute Gasteiger partial charge is 0.416 e. The van der Waals surface area contributed by atoms with Crippen LogP contribution in [0.5, 0.6) is 0 Å². The number of nitrogens with zero attached hydrogens (tertiary/aromatic N) is 3. The monoisotopic (exact) mass is 759 g/mol. The minimum Gasteiger partial charge on any atom is -0.383 e. The molecule has 1 fully saturated rings. The molecule has 0 N–H and O–H groups in total. The number of aromatic nitrogens is 1. The third-order valence-corrected chi connectivity index (χ3v) is 9.56. The fourth-order valence-corrected chi connectivity index (χ4v) is 6.71. The number of carbonyl (C=O) groups is 1. The quantitative estimate of drug-likeness (QED) is 0.0940. The molecule has 1 aliphatic rings. The van der Waals surface area contributed by atoms with Crippen molar-refractivity contribution in [1.82, 2.24) is 14.4 Å². The van der Waals surface area contributed by atoms with Crippen LogP contribution in [-0.4, -0.2) is 59.5 Å². The summed E-state index contributed by atoms with van der Waals surface area (Å²) in [6, 6.07) is 13.0. The molecule has 1 atom stereocenters. The lowest BCUT2D eigenvalue weighted by Gasteiger charge is -2.42. The normalized spacial score (nSPS) is 22.5. The summed E-state index contributed by atoms with van der Waals surface area (Å²) in [6.07, 6.45) is -12.4. The van der Waals surface area contributed by atoms with Crippen molar-refractivity contribution in [2.24, 2.45) is 0 Å². The van der Waals surface area contributed by atoms with Crippen LogP contribution in [0, 0.1) is 11.6 Å². The van der Waals surface area contributed by atoms with E-state index >= 15 is 4.79 Å². The standard InChI is InChI=1S/C41H40F5N3O3S/c1-27(28-10-12-29(13-11-28)30-14-16-32(17-15-30)41(44,45)46)49(33-18-20-47(21-19-33)22-23-52-2)38(51)25-48-36-9-4-3-7-34(36)37(50)24-39(48)53-26-31-6-5-8-35(42)40(31)43/h3-17,24,27,33H,18-23,25-26H2,1-2H3/i18D2,19D2,20D2,21D2,27D,33D. The molecule has 0 radical (unpaired) electrons. The van der Waals surface area contributed by atoms with Crippen LogP contribution < -0.4 is 5.43 Å². The molecule has 6 rings (SSSR count). The number of pyridine rings is 1. The maximum absolute atomic E-state index is 15.3. The molecule has 0 aliphatic carbocycles. The van der Waals surface area contributed by atoms with Gasteiger partial charge in [-0.1, -0.05) is 60.7 Å². The van der Waals surface area contributed by atoms with Crippen molar-refractivity contribution in [3.8, 4) is 11.1 Å². The number of halogens is 5. The topological polar surface area (TPSA) is 54.8 Å². The van der Waals surface area contributed by atoms with Crippen molar-refractivity contribution in [3.05, 3.63) is 136 Å². The first-order valence-corrected chi connectivity index (χ1v) is 17.2. The molecule has 53 heavy (non-hydrogen) atoms. The molecule has 0 spiro atoms. The third-order valence-electron chi connectivity index (χ3n) is 8.48. The number of piperidine rings is 1. The highest BCUT2D eigenvalue weighted by Gasteiger charge is 2.33. The zero-order valence-electron chi connectivity index (χ0n) is 38.4. The summed E-state index contributed by atoms with van der Waals surface area (Å²) < 4.78 is 168. The number of benzene rings is 4. The molecule has 6 nitrogen and oxygen atoms in total. The maximum Gasteiger partial charge on any atom is 0.416 e. The minimum absolute atomic E-state index is 0.0339. The van der Waals surface area contributed by atoms with Gasteiger partial charge in [-0.25, -0.2) is 8.78 Å². The SMILES string of the molecule is [2H]C(C)(c1ccc(-c2ccc(C(F)(F)F)cc2)cc1)N(C(=O)Cn1c(SCc2cccc(F)c2F)cc(=O)c2ccccc21)C1([2H])C([2H])([2H])C([2H])([2H])N(CCOC)C([2H])([2H])C1([2H])[2H]. The molecule has 1 aliphatic heterocycles. The Labute approximate surface area is 323 Å². The Morgan fingerprint density at radius 1 is 1.00 bits per heavy atom. The molecular weight excluding hydrogens is 710 g/mol. The van der Waals surface area contributed by atoms with Gasteiger partial charge in [0.05, 0.1) is 31.5 Å². The van der Waals surface area contributed by atoms with Crippen molar-refractivity contribution in [2.45, 2.75) is 55.2 Å². The predicted octanol–water partition coefficient (Wildman–Crippen LogP) is 8.96. The molecule has 4 aromatic carbocycles. The molecule has 1 saturated heterocycles. The molecule has 2 heterocycles. The van der Waals surface area contributed by atoms with Gasteiger partial charge in [0.25, 0.3) is 0 Å². The van der Waals surface area contributed by atoms with Crippen LogP contribution in [0.2, 0.25) is 0 Å². The van der Waals surface area contributed by atoms with Gasteiger partial charge < -0.3 is 19.1 Å². The number of thioether (sulfide) groups is 1. The average molecular weight is 760 g/mol. The van der Waals surface area contributed by atoms with Crippen molar-refractivity contribution < 1.29 is 45.2 Å². The van der Waals surface area contributed by atoms with E-state index in [2.05, 4.69) is 0 Å². The van der Waals surface area contributed by atoms with Crippen molar-refractivity contribution >= 4 is 28.6 Å². The number of para-hydroxylation sites is 1. The van der Waals surface area contributed by atoms with Gasteiger partial charge in [-0.05, 0) is 66.7 Å². The first-order chi connectivity index (χ1) is 29.2. The fraction of sp³-hybridized carbons (Fsp3) is 0.317. The summed E-state index contributed by atoms with van der Waals surface area (Å²) in [7, 11) is 1.20. The van der Waals surface area contributed by atoms with E-state index in [1.165, 1.54) is 84.5 Å². The lowest BCUT2D eigenvalue weighted by Crippen LogP contribution is -2.49. The molecule has 1 aromatic heterocycles. The number of ether oxygens (including phenoxy) is 1. The molecule has 1 amide bonds. The highest BCUT2D eigenvalue weighted by Crippen LogP contribution is 2.34. The maximum atomic E-state index is 15.3. The van der Waals surface area contributed by atoms with Gasteiger partial charge in [0, 0.05) is 66.4 Å². The van der Waals surface area contributed by atoms with Crippen LogP contribution in [0.25, 0.3) is 22.0 Å². The number of likely N-dealkylation sites (tertiary alicyclic amines) is 1. The first kappa shape index (κ1) is 27.1. The van der Waals surface area contributed by atoms with Crippen LogP contribution in [-0.2, 0) is 28.0 Å². The highest BCUT2D eigenvalue weighted by molar-refractivity contribution is 7.98. The van der Waals surface area contributed by atoms with E-state index in [1.54, 1.807) is 0 Å². The van der Waals surface area contributed by atoms with Gasteiger partial charge in [-0.15, -0.1) is 11.8 Å². The Balaban J connectivity index is 1.55. The molecule has 5 aromatic rings. The fourth-order valence-electron chi connectivity index (χ4n) is 5.67. The molecule has 0 saturated carbocycles. The Hall–Kier alpha value is -4.52. The number of alkyl halides is 3. The Kier molecular flexibility index (Phi) is 8.52.